The van der Waals surface area contributed by atoms with E-state index >= 15 is 0 Å². The molecule has 7 heteroatoms. The summed E-state index contributed by atoms with van der Waals surface area (Å²) in [7, 11) is 0. The number of hydrogen-bond acceptors (Lipinski definition) is 5. The Hall–Kier alpha value is -1.66. The van der Waals surface area contributed by atoms with Crippen LogP contribution in [0.3, 0.4) is 0 Å². The number of halogens is 1. The lowest BCUT2D eigenvalue weighted by atomic mass is 9.78. The van der Waals surface area contributed by atoms with Crippen LogP contribution in [-0.4, -0.2) is 15.9 Å². The average Bonchev–Trinajstić information content (AvgIpc) is 3.01. The van der Waals surface area contributed by atoms with Crippen LogP contribution in [0.15, 0.2) is 18.5 Å². The third kappa shape index (κ3) is 2.27. The molecule has 1 saturated carbocycles. The second-order valence-corrected chi connectivity index (χ2v) is 7.24. The molecule has 2 aromatic heterocycles. The molecule has 22 heavy (non-hydrogen) atoms. The summed E-state index contributed by atoms with van der Waals surface area (Å²) in [6, 6.07) is 3.75. The highest BCUT2D eigenvalue weighted by atomic mass is 35.5. The van der Waals surface area contributed by atoms with Crippen LogP contribution in [0.2, 0.25) is 5.15 Å². The highest BCUT2D eigenvalue weighted by molar-refractivity contribution is 7.18. The highest BCUT2D eigenvalue weighted by Crippen LogP contribution is 2.47. The van der Waals surface area contributed by atoms with Crippen LogP contribution in [0.4, 0.5) is 10.8 Å². The van der Waals surface area contributed by atoms with Crippen LogP contribution in [0.5, 0.6) is 0 Å². The number of thiophene rings is 1. The molecule has 2 aromatic rings. The zero-order chi connectivity index (χ0) is 15.2. The Bertz CT molecular complexity index is 739. The Morgan fingerprint density at radius 1 is 1.23 bits per heavy atom. The van der Waals surface area contributed by atoms with Crippen molar-refractivity contribution in [1.29, 1.82) is 0 Å². The van der Waals surface area contributed by atoms with Crippen LogP contribution in [0.25, 0.3) is 0 Å². The van der Waals surface area contributed by atoms with Gasteiger partial charge in [0.2, 0.25) is 0 Å². The Kier molecular flexibility index (Phi) is 3.31. The molecule has 3 heterocycles. The number of nitrogens with zero attached hydrogens (tertiary/aromatic N) is 2. The molecular formula is C15H15ClN4OS. The monoisotopic (exact) mass is 334 g/mol. The van der Waals surface area contributed by atoms with E-state index in [2.05, 4.69) is 26.7 Å². The molecular weight excluding hydrogens is 320 g/mol. The van der Waals surface area contributed by atoms with E-state index in [1.807, 2.05) is 0 Å². The van der Waals surface area contributed by atoms with Crippen molar-refractivity contribution in [3.63, 3.8) is 0 Å². The molecule has 2 N–H and O–H groups in total. The molecule has 1 aliphatic heterocycles. The second kappa shape index (κ2) is 5.21. The van der Waals surface area contributed by atoms with E-state index in [0.717, 1.165) is 28.3 Å². The number of carbonyl (C=O) groups is 1. The molecule has 1 aliphatic carbocycles. The van der Waals surface area contributed by atoms with Crippen LogP contribution >= 0.6 is 22.9 Å². The number of hydrogen-bond donors (Lipinski definition) is 2. The van der Waals surface area contributed by atoms with Crippen molar-refractivity contribution < 1.29 is 4.79 Å². The van der Waals surface area contributed by atoms with Gasteiger partial charge in [0.05, 0.1) is 15.4 Å². The zero-order valence-corrected chi connectivity index (χ0v) is 13.4. The Morgan fingerprint density at radius 3 is 2.82 bits per heavy atom. The maximum absolute atomic E-state index is 12.3. The molecule has 0 unspecified atom stereocenters. The number of amides is 1. The van der Waals surface area contributed by atoms with Crippen molar-refractivity contribution in [3.05, 3.63) is 34.1 Å². The first-order valence-electron chi connectivity index (χ1n) is 7.38. The van der Waals surface area contributed by atoms with Gasteiger partial charge in [0.25, 0.3) is 5.91 Å². The van der Waals surface area contributed by atoms with Gasteiger partial charge in [-0.3, -0.25) is 4.79 Å². The van der Waals surface area contributed by atoms with Crippen molar-refractivity contribution in [1.82, 2.24) is 15.3 Å². The van der Waals surface area contributed by atoms with Gasteiger partial charge in [0.1, 0.15) is 17.3 Å². The Balaban J connectivity index is 1.66. The molecule has 1 amide bonds. The molecule has 0 aromatic carbocycles. The quantitative estimate of drug-likeness (QED) is 0.819. The largest absolute Gasteiger partial charge is 0.342 e. The summed E-state index contributed by atoms with van der Waals surface area (Å²) in [5.41, 5.74) is 0.995. The zero-order valence-electron chi connectivity index (χ0n) is 11.9. The van der Waals surface area contributed by atoms with E-state index in [4.69, 9.17) is 11.6 Å². The SMILES string of the molecule is O=C1NC2(CCCCC2)c2cc(Nc3cc(Cl)ncn3)sc21. The van der Waals surface area contributed by atoms with Gasteiger partial charge in [-0.2, -0.15) is 0 Å². The molecule has 2 aliphatic rings. The van der Waals surface area contributed by atoms with Gasteiger partial charge in [-0.15, -0.1) is 11.3 Å². The van der Waals surface area contributed by atoms with Crippen LogP contribution < -0.4 is 10.6 Å². The molecule has 4 rings (SSSR count). The van der Waals surface area contributed by atoms with Gasteiger partial charge in [-0.05, 0) is 18.9 Å². The summed E-state index contributed by atoms with van der Waals surface area (Å²) in [5, 5.41) is 7.74. The molecule has 0 atom stereocenters. The molecule has 1 fully saturated rings. The van der Waals surface area contributed by atoms with Crippen molar-refractivity contribution in [2.45, 2.75) is 37.6 Å². The van der Waals surface area contributed by atoms with Crippen molar-refractivity contribution >= 4 is 39.7 Å². The maximum Gasteiger partial charge on any atom is 0.262 e. The third-order valence-corrected chi connectivity index (χ3v) is 5.65. The Labute approximate surface area is 137 Å². The number of carbonyl (C=O) groups excluding carboxylic acids is 1. The number of rotatable bonds is 2. The van der Waals surface area contributed by atoms with Crippen molar-refractivity contribution in [2.24, 2.45) is 0 Å². The fourth-order valence-corrected chi connectivity index (χ4v) is 4.60. The van der Waals surface area contributed by atoms with Gasteiger partial charge in [-0.25, -0.2) is 9.97 Å². The Morgan fingerprint density at radius 2 is 2.05 bits per heavy atom. The van der Waals surface area contributed by atoms with E-state index < -0.39 is 0 Å². The first kappa shape index (κ1) is 14.0. The minimum absolute atomic E-state index is 0.0515. The summed E-state index contributed by atoms with van der Waals surface area (Å²) in [6.07, 6.45) is 7.06. The van der Waals surface area contributed by atoms with Crippen molar-refractivity contribution in [2.75, 3.05) is 5.32 Å². The van der Waals surface area contributed by atoms with Gasteiger partial charge >= 0.3 is 0 Å². The van der Waals surface area contributed by atoms with E-state index in [1.165, 1.54) is 36.9 Å². The fraction of sp³-hybridized carbons (Fsp3) is 0.400. The van der Waals surface area contributed by atoms with E-state index in [1.54, 1.807) is 6.07 Å². The first-order valence-corrected chi connectivity index (χ1v) is 8.57. The molecule has 114 valence electrons. The standard InChI is InChI=1S/C15H15ClN4OS/c16-10-7-11(18-8-17-10)19-12-6-9-13(22-12)14(21)20-15(9)4-2-1-3-5-15/h6-8H,1-5H2,(H,20,21)(H,17,18,19). The molecule has 1 spiro atoms. The smallest absolute Gasteiger partial charge is 0.262 e. The minimum Gasteiger partial charge on any atom is -0.342 e. The van der Waals surface area contributed by atoms with E-state index in [-0.39, 0.29) is 11.4 Å². The van der Waals surface area contributed by atoms with Gasteiger partial charge < -0.3 is 10.6 Å². The predicted molar refractivity (Wildman–Crippen MR) is 86.9 cm³/mol. The van der Waals surface area contributed by atoms with Crippen LogP contribution in [0.1, 0.15) is 47.3 Å². The maximum atomic E-state index is 12.3. The van der Waals surface area contributed by atoms with Crippen LogP contribution in [-0.2, 0) is 5.54 Å². The lowest BCUT2D eigenvalue weighted by molar-refractivity contribution is 0.0912. The molecule has 0 radical (unpaired) electrons. The van der Waals surface area contributed by atoms with Crippen LogP contribution in [0, 0.1) is 0 Å². The predicted octanol–water partition coefficient (Wildman–Crippen LogP) is 3.84. The molecule has 5 nitrogen and oxygen atoms in total. The molecule has 0 saturated heterocycles. The lowest BCUT2D eigenvalue weighted by Crippen LogP contribution is -2.40. The fourth-order valence-electron chi connectivity index (χ4n) is 3.40. The number of anilines is 2. The lowest BCUT2D eigenvalue weighted by Gasteiger charge is -2.33. The summed E-state index contributed by atoms with van der Waals surface area (Å²) in [4.78, 5) is 21.1. The third-order valence-electron chi connectivity index (χ3n) is 4.40. The highest BCUT2D eigenvalue weighted by Gasteiger charge is 2.44. The number of fused-ring (bicyclic) bond motifs is 2. The molecule has 0 bridgehead atoms. The topological polar surface area (TPSA) is 66.9 Å². The average molecular weight is 335 g/mol. The second-order valence-electron chi connectivity index (χ2n) is 5.80. The minimum atomic E-state index is -0.148. The van der Waals surface area contributed by atoms with Gasteiger partial charge in [0, 0.05) is 11.6 Å². The summed E-state index contributed by atoms with van der Waals surface area (Å²) in [5.74, 6) is 0.689. The summed E-state index contributed by atoms with van der Waals surface area (Å²) in [6.45, 7) is 0. The van der Waals surface area contributed by atoms with E-state index in [9.17, 15) is 4.79 Å². The van der Waals surface area contributed by atoms with Gasteiger partial charge in [-0.1, -0.05) is 30.9 Å². The summed E-state index contributed by atoms with van der Waals surface area (Å²) < 4.78 is 0. The number of aromatic nitrogens is 2. The van der Waals surface area contributed by atoms with Gasteiger partial charge in [0.15, 0.2) is 0 Å². The summed E-state index contributed by atoms with van der Waals surface area (Å²) >= 11 is 7.35. The first-order chi connectivity index (χ1) is 10.7. The van der Waals surface area contributed by atoms with E-state index in [0.29, 0.717) is 11.0 Å². The van der Waals surface area contributed by atoms with Crippen molar-refractivity contribution in [3.8, 4) is 0 Å². The normalized spacial score (nSPS) is 19.0. The number of nitrogens with one attached hydrogen (secondary N) is 2.